The van der Waals surface area contributed by atoms with E-state index in [2.05, 4.69) is 6.92 Å². The van der Waals surface area contributed by atoms with Crippen molar-refractivity contribution >= 4 is 15.5 Å². The summed E-state index contributed by atoms with van der Waals surface area (Å²) in [5, 5.41) is 0. The van der Waals surface area contributed by atoms with Crippen LogP contribution in [0.15, 0.2) is 23.1 Å². The first-order chi connectivity index (χ1) is 8.51. The molecular weight excluding hydrogens is 250 g/mol. The summed E-state index contributed by atoms with van der Waals surface area (Å²) in [5.74, 6) is 0.588. The summed E-state index contributed by atoms with van der Waals surface area (Å²) in [4.78, 5) is 0.282. The summed E-state index contributed by atoms with van der Waals surface area (Å²) < 4.78 is 29.2. The van der Waals surface area contributed by atoms with Gasteiger partial charge in [0.2, 0.25) is 0 Å². The maximum Gasteiger partial charge on any atom is 0.178 e. The number of methoxy groups -OCH3 is 1. The number of rotatable bonds is 7. The third kappa shape index (κ3) is 3.91. The average molecular weight is 271 g/mol. The second-order valence-electron chi connectivity index (χ2n) is 4.28. The molecule has 0 saturated carbocycles. The number of hydrogen-bond donors (Lipinski definition) is 1. The monoisotopic (exact) mass is 271 g/mol. The average Bonchev–Trinajstić information content (AvgIpc) is 2.35. The number of unbranched alkanes of at least 4 members (excludes halogenated alkanes) is 3. The Hall–Kier alpha value is -1.23. The van der Waals surface area contributed by atoms with Gasteiger partial charge >= 0.3 is 0 Å². The van der Waals surface area contributed by atoms with Crippen molar-refractivity contribution in [2.24, 2.45) is 0 Å². The van der Waals surface area contributed by atoms with Crippen molar-refractivity contribution in [3.05, 3.63) is 18.2 Å². The maximum atomic E-state index is 12.1. The van der Waals surface area contributed by atoms with Gasteiger partial charge in [0.1, 0.15) is 5.75 Å². The zero-order valence-electron chi connectivity index (χ0n) is 11.0. The molecule has 4 nitrogen and oxygen atoms in total. The van der Waals surface area contributed by atoms with E-state index in [1.54, 1.807) is 6.07 Å². The Bertz CT molecular complexity index is 483. The quantitative estimate of drug-likeness (QED) is 0.611. The number of ether oxygens (including phenoxy) is 1. The molecule has 0 unspecified atom stereocenters. The lowest BCUT2D eigenvalue weighted by Crippen LogP contribution is -2.07. The molecule has 0 fully saturated rings. The lowest BCUT2D eigenvalue weighted by atomic mass is 10.2. The smallest absolute Gasteiger partial charge is 0.178 e. The van der Waals surface area contributed by atoms with E-state index in [9.17, 15) is 8.42 Å². The van der Waals surface area contributed by atoms with E-state index in [1.807, 2.05) is 0 Å². The van der Waals surface area contributed by atoms with Crippen LogP contribution in [0.2, 0.25) is 0 Å². The van der Waals surface area contributed by atoms with E-state index in [4.69, 9.17) is 10.5 Å². The SMILES string of the molecule is CCCCCCS(=O)(=O)c1ccc(N)c(OC)c1. The molecule has 5 heteroatoms. The van der Waals surface area contributed by atoms with Gasteiger partial charge in [-0.25, -0.2) is 8.42 Å². The molecular formula is C13H21NO3S. The van der Waals surface area contributed by atoms with Crippen molar-refractivity contribution in [3.8, 4) is 5.75 Å². The van der Waals surface area contributed by atoms with Crippen molar-refractivity contribution in [1.82, 2.24) is 0 Å². The highest BCUT2D eigenvalue weighted by molar-refractivity contribution is 7.91. The van der Waals surface area contributed by atoms with Gasteiger partial charge in [0.05, 0.1) is 23.4 Å². The molecule has 0 bridgehead atoms. The first-order valence-corrected chi connectivity index (χ1v) is 7.82. The second-order valence-corrected chi connectivity index (χ2v) is 6.39. The van der Waals surface area contributed by atoms with Crippen LogP contribution in [0.1, 0.15) is 32.6 Å². The van der Waals surface area contributed by atoms with Gasteiger partial charge in [-0.2, -0.15) is 0 Å². The van der Waals surface area contributed by atoms with Crippen molar-refractivity contribution in [2.45, 2.75) is 37.5 Å². The molecule has 0 spiro atoms. The molecule has 1 aromatic carbocycles. The third-order valence-corrected chi connectivity index (χ3v) is 4.63. The van der Waals surface area contributed by atoms with Crippen LogP contribution in [0.5, 0.6) is 5.75 Å². The molecule has 2 N–H and O–H groups in total. The summed E-state index contributed by atoms with van der Waals surface area (Å²) >= 11 is 0. The first kappa shape index (κ1) is 14.8. The van der Waals surface area contributed by atoms with Crippen molar-refractivity contribution in [3.63, 3.8) is 0 Å². The molecule has 1 rings (SSSR count). The van der Waals surface area contributed by atoms with Crippen LogP contribution in [-0.2, 0) is 9.84 Å². The Kier molecular flexibility index (Phi) is 5.47. The van der Waals surface area contributed by atoms with Gasteiger partial charge in [0, 0.05) is 6.07 Å². The summed E-state index contributed by atoms with van der Waals surface area (Å²) in [6, 6.07) is 4.59. The Labute approximate surface area is 109 Å². The van der Waals surface area contributed by atoms with Gasteiger partial charge in [0.25, 0.3) is 0 Å². The molecule has 102 valence electrons. The molecule has 0 radical (unpaired) electrons. The molecule has 0 heterocycles. The maximum absolute atomic E-state index is 12.1. The van der Waals surface area contributed by atoms with E-state index in [-0.39, 0.29) is 10.6 Å². The normalized spacial score (nSPS) is 11.4. The van der Waals surface area contributed by atoms with Crippen LogP contribution in [0.25, 0.3) is 0 Å². The summed E-state index contributed by atoms with van der Waals surface area (Å²) in [7, 11) is -1.75. The predicted octanol–water partition coefficient (Wildman–Crippen LogP) is 2.63. The largest absolute Gasteiger partial charge is 0.495 e. The molecule has 0 aromatic heterocycles. The van der Waals surface area contributed by atoms with Crippen LogP contribution in [-0.4, -0.2) is 21.3 Å². The topological polar surface area (TPSA) is 69.4 Å². The van der Waals surface area contributed by atoms with Crippen molar-refractivity contribution < 1.29 is 13.2 Å². The van der Waals surface area contributed by atoms with E-state index in [0.717, 1.165) is 19.3 Å². The highest BCUT2D eigenvalue weighted by Gasteiger charge is 2.15. The summed E-state index contributed by atoms with van der Waals surface area (Å²) in [5.41, 5.74) is 6.11. The number of anilines is 1. The van der Waals surface area contributed by atoms with Crippen LogP contribution in [0.3, 0.4) is 0 Å². The van der Waals surface area contributed by atoms with Gasteiger partial charge in [-0.05, 0) is 18.6 Å². The van der Waals surface area contributed by atoms with Gasteiger partial charge in [-0.15, -0.1) is 0 Å². The molecule has 0 atom stereocenters. The molecule has 0 aliphatic heterocycles. The molecule has 18 heavy (non-hydrogen) atoms. The molecule has 1 aromatic rings. The Balaban J connectivity index is 2.78. The zero-order chi connectivity index (χ0) is 13.6. The standard InChI is InChI=1S/C13H21NO3S/c1-3-4-5-6-9-18(15,16)11-7-8-12(14)13(10-11)17-2/h7-8,10H,3-6,9,14H2,1-2H3. The molecule has 0 saturated heterocycles. The van der Waals surface area contributed by atoms with E-state index >= 15 is 0 Å². The van der Waals surface area contributed by atoms with Crippen LogP contribution >= 0.6 is 0 Å². The molecule has 0 aliphatic carbocycles. The lowest BCUT2D eigenvalue weighted by Gasteiger charge is -2.08. The number of nitrogens with two attached hydrogens (primary N) is 1. The molecule has 0 aliphatic rings. The van der Waals surface area contributed by atoms with Gasteiger partial charge in [-0.3, -0.25) is 0 Å². The first-order valence-electron chi connectivity index (χ1n) is 6.17. The van der Waals surface area contributed by atoms with E-state index in [1.165, 1.54) is 19.2 Å². The Morgan fingerprint density at radius 2 is 1.94 bits per heavy atom. The fourth-order valence-electron chi connectivity index (χ4n) is 1.72. The minimum atomic E-state index is -3.23. The fraction of sp³-hybridized carbons (Fsp3) is 0.538. The van der Waals surface area contributed by atoms with Crippen LogP contribution < -0.4 is 10.5 Å². The fourth-order valence-corrected chi connectivity index (χ4v) is 3.10. The second kappa shape index (κ2) is 6.64. The number of sulfone groups is 1. The van der Waals surface area contributed by atoms with Gasteiger partial charge < -0.3 is 10.5 Å². The number of nitrogen functional groups attached to an aromatic ring is 1. The number of hydrogen-bond acceptors (Lipinski definition) is 4. The number of benzene rings is 1. The third-order valence-electron chi connectivity index (χ3n) is 2.83. The zero-order valence-corrected chi connectivity index (χ0v) is 11.8. The minimum absolute atomic E-state index is 0.181. The van der Waals surface area contributed by atoms with Gasteiger partial charge in [0.15, 0.2) is 9.84 Å². The van der Waals surface area contributed by atoms with E-state index < -0.39 is 9.84 Å². The lowest BCUT2D eigenvalue weighted by molar-refractivity contribution is 0.415. The summed E-state index contributed by atoms with van der Waals surface area (Å²) in [6.07, 6.45) is 3.81. The Morgan fingerprint density at radius 1 is 1.22 bits per heavy atom. The highest BCUT2D eigenvalue weighted by Crippen LogP contribution is 2.25. The molecule has 0 amide bonds. The Morgan fingerprint density at radius 3 is 2.56 bits per heavy atom. The van der Waals surface area contributed by atoms with E-state index in [0.29, 0.717) is 17.9 Å². The highest BCUT2D eigenvalue weighted by atomic mass is 32.2. The minimum Gasteiger partial charge on any atom is -0.495 e. The van der Waals surface area contributed by atoms with Crippen LogP contribution in [0, 0.1) is 0 Å². The predicted molar refractivity (Wildman–Crippen MR) is 73.6 cm³/mol. The summed E-state index contributed by atoms with van der Waals surface area (Å²) in [6.45, 7) is 2.10. The van der Waals surface area contributed by atoms with Gasteiger partial charge in [-0.1, -0.05) is 26.2 Å². The van der Waals surface area contributed by atoms with Crippen molar-refractivity contribution in [1.29, 1.82) is 0 Å². The van der Waals surface area contributed by atoms with Crippen molar-refractivity contribution in [2.75, 3.05) is 18.6 Å². The van der Waals surface area contributed by atoms with Crippen LogP contribution in [0.4, 0.5) is 5.69 Å².